The van der Waals surface area contributed by atoms with Crippen molar-refractivity contribution in [1.29, 1.82) is 7.16 Å². The molecule has 26 heteroatoms. The number of aldehydes is 1. The van der Waals surface area contributed by atoms with Crippen LogP contribution < -0.4 is 0 Å². The minimum absolute atomic E-state index is 0.734. The summed E-state index contributed by atoms with van der Waals surface area (Å²) < 4.78 is 183. The molecule has 0 aliphatic carbocycles. The van der Waals surface area contributed by atoms with Crippen molar-refractivity contribution >= 4 is 58.3 Å². The van der Waals surface area contributed by atoms with Crippen molar-refractivity contribution in [2.45, 2.75) is 24.4 Å². The smallest absolute Gasteiger partial charge is 0.300 e. The Morgan fingerprint density at radius 1 is 0.625 bits per heavy atom. The summed E-state index contributed by atoms with van der Waals surface area (Å²) >= 11 is 0. The lowest BCUT2D eigenvalue weighted by molar-refractivity contribution is -0.125. The number of hydrogen-bond acceptors (Lipinski definition) is 21. The Labute approximate surface area is 187 Å². The Hall–Kier alpha value is -0.980. The third-order valence-electron chi connectivity index (χ3n) is 2.45. The van der Waals surface area contributed by atoms with Gasteiger partial charge in [-0.15, -0.1) is 0 Å². The summed E-state index contributed by atoms with van der Waals surface area (Å²) in [6, 6.07) is 0. The van der Waals surface area contributed by atoms with E-state index in [9.17, 15) is 46.9 Å². The Bertz CT molecular complexity index is 1270. The molecule has 5 N–H and O–H groups in total. The second-order valence-corrected chi connectivity index (χ2v) is 9.87. The van der Waals surface area contributed by atoms with Crippen LogP contribution in [-0.4, -0.2) is 102 Å². The Kier molecular flexibility index (Phi) is 7.81. The lowest BCUT2D eigenvalue weighted by atomic mass is 10.0. The maximum absolute atomic E-state index is 11.7. The molecule has 0 saturated heterocycles. The van der Waals surface area contributed by atoms with Gasteiger partial charge in [0.1, 0.15) is 18.3 Å². The molecule has 0 radical (unpaired) electrons. The number of hydrogen-bond donors (Lipinski definition) is 5. The standard InChI is InChI=1S/C6H12O21S5/c7-1-3(24-29(11,12)13)5(26-31(17,18)19)6(27-32(20,21)22)4(25-30(14,15)16)2-23-28(8,9)10/h1,3-6H,2H2,(H,8,9,10)(H,11,12,13)(H,14,15,16)(H,17,18,19)(H,20,21,22)/t3-,4+,5+,6+/m0/s1/i/hD5. The van der Waals surface area contributed by atoms with E-state index < -0.39 is 89.3 Å². The van der Waals surface area contributed by atoms with Crippen molar-refractivity contribution in [1.82, 2.24) is 0 Å². The quantitative estimate of drug-likeness (QED) is 0.0666. The predicted octanol–water partition coefficient (Wildman–Crippen LogP) is -4.24. The minimum Gasteiger partial charge on any atom is -0.300 e. The van der Waals surface area contributed by atoms with Gasteiger partial charge in [-0.3, -0.25) is 22.8 Å². The first-order chi connectivity index (χ1) is 16.7. The fourth-order valence-corrected chi connectivity index (χ4v) is 3.86. The maximum Gasteiger partial charge on any atom is 0.398 e. The van der Waals surface area contributed by atoms with Gasteiger partial charge in [0.15, 0.2) is 12.4 Å². The van der Waals surface area contributed by atoms with E-state index in [1.165, 1.54) is 0 Å². The van der Waals surface area contributed by atoms with E-state index in [4.69, 9.17) is 7.16 Å². The molecule has 0 unspecified atom stereocenters. The zero-order valence-corrected chi connectivity index (χ0v) is 18.3. The molecule has 192 valence electrons. The summed E-state index contributed by atoms with van der Waals surface area (Å²) in [7, 11) is -28.3. The molecule has 0 heterocycles. The van der Waals surface area contributed by atoms with Crippen molar-refractivity contribution < 1.29 is 90.6 Å². The zero-order chi connectivity index (χ0) is 29.3. The van der Waals surface area contributed by atoms with E-state index in [0.29, 0.717) is 0 Å². The highest BCUT2D eigenvalue weighted by Crippen LogP contribution is 2.23. The molecule has 4 atom stereocenters. The molecule has 0 amide bonds. The van der Waals surface area contributed by atoms with Crippen LogP contribution in [0.2, 0.25) is 0 Å². The van der Waals surface area contributed by atoms with Crippen LogP contribution in [0, 0.1) is 0 Å². The molecule has 0 aliphatic rings. The Balaban J connectivity index is 7.19. The van der Waals surface area contributed by atoms with Crippen molar-refractivity contribution in [3.05, 3.63) is 0 Å². The first-order valence-electron chi connectivity index (χ1n) is 8.58. The Morgan fingerprint density at radius 3 is 1.47 bits per heavy atom. The van der Waals surface area contributed by atoms with Gasteiger partial charge >= 0.3 is 52.0 Å². The monoisotopic (exact) mass is 585 g/mol. The molecule has 0 aromatic heterocycles. The van der Waals surface area contributed by atoms with E-state index >= 15 is 0 Å². The van der Waals surface area contributed by atoms with Crippen LogP contribution in [-0.2, 0) is 77.7 Å². The third-order valence-corrected chi connectivity index (χ3v) is 4.73. The summed E-state index contributed by atoms with van der Waals surface area (Å²) in [5.41, 5.74) is 0. The molecule has 0 aliphatic heterocycles. The van der Waals surface area contributed by atoms with Crippen LogP contribution in [0.3, 0.4) is 0 Å². The molecule has 0 spiro atoms. The van der Waals surface area contributed by atoms with Gasteiger partial charge in [-0.1, -0.05) is 0 Å². The first kappa shape index (κ1) is 22.8. The van der Waals surface area contributed by atoms with Gasteiger partial charge in [0.25, 0.3) is 0 Å². The second kappa shape index (κ2) is 11.0. The maximum atomic E-state index is 11.7. The van der Waals surface area contributed by atoms with E-state index in [2.05, 4.69) is 43.7 Å². The van der Waals surface area contributed by atoms with Gasteiger partial charge in [0, 0.05) is 0 Å². The number of carbonyl (C=O) groups excluding carboxylic acids is 1. The molecule has 0 fully saturated rings. The first-order valence-corrected chi connectivity index (χ1v) is 13.2. The summed E-state index contributed by atoms with van der Waals surface area (Å²) in [4.78, 5) is 11.5. The fourth-order valence-electron chi connectivity index (χ4n) is 1.67. The molecule has 0 aromatic rings. The van der Waals surface area contributed by atoms with Crippen LogP contribution in [0.4, 0.5) is 0 Å². The van der Waals surface area contributed by atoms with E-state index in [1.807, 2.05) is 0 Å². The number of rotatable bonds is 20. The molecule has 0 bridgehead atoms. The van der Waals surface area contributed by atoms with Gasteiger partial charge in [0.05, 0.1) is 6.61 Å². The zero-order valence-electron chi connectivity index (χ0n) is 19.2. The van der Waals surface area contributed by atoms with E-state index in [-0.39, 0.29) is 0 Å². The van der Waals surface area contributed by atoms with Gasteiger partial charge in [-0.2, -0.15) is 42.1 Å². The van der Waals surface area contributed by atoms with Gasteiger partial charge in [-0.25, -0.2) is 20.9 Å². The van der Waals surface area contributed by atoms with Gasteiger partial charge < -0.3 is 4.79 Å². The van der Waals surface area contributed by atoms with E-state index in [0.717, 1.165) is 0 Å². The molecular weight excluding hydrogens is 568 g/mol. The molecule has 32 heavy (non-hydrogen) atoms. The summed E-state index contributed by atoms with van der Waals surface area (Å²) in [6.45, 7) is -1.95. The molecular formula is C6H12O21S5. The second-order valence-electron chi connectivity index (χ2n) is 4.78. The highest BCUT2D eigenvalue weighted by Gasteiger charge is 2.46. The number of carbonyl (C=O) groups is 1. The minimum atomic E-state index is -5.80. The lowest BCUT2D eigenvalue weighted by Gasteiger charge is -2.31. The van der Waals surface area contributed by atoms with Crippen LogP contribution in [0.5, 0.6) is 0 Å². The highest BCUT2D eigenvalue weighted by molar-refractivity contribution is 7.82. The van der Waals surface area contributed by atoms with Crippen molar-refractivity contribution in [2.24, 2.45) is 0 Å². The van der Waals surface area contributed by atoms with Gasteiger partial charge in [-0.05, 0) is 0 Å². The third kappa shape index (κ3) is 15.0. The normalized spacial score (nSPS) is 19.9. The van der Waals surface area contributed by atoms with E-state index in [1.54, 1.807) is 0 Å². The van der Waals surface area contributed by atoms with Crippen molar-refractivity contribution in [3.63, 3.8) is 0 Å². The van der Waals surface area contributed by atoms with Crippen LogP contribution in [0.15, 0.2) is 0 Å². The van der Waals surface area contributed by atoms with Crippen LogP contribution in [0.25, 0.3) is 7.16 Å². The Morgan fingerprint density at radius 2 is 1.03 bits per heavy atom. The highest BCUT2D eigenvalue weighted by atomic mass is 32.3. The topological polar surface area (TPSA) is 335 Å². The molecule has 0 rings (SSSR count). The molecule has 0 aromatic carbocycles. The molecule has 21 nitrogen and oxygen atoms in total. The summed E-state index contributed by atoms with van der Waals surface area (Å²) in [5, 5.41) is 0. The summed E-state index contributed by atoms with van der Waals surface area (Å²) in [6.07, 6.45) is -13.5. The van der Waals surface area contributed by atoms with Crippen LogP contribution >= 0.6 is 0 Å². The fraction of sp³-hybridized carbons (Fsp3) is 0.833. The lowest BCUT2D eigenvalue weighted by Crippen LogP contribution is -2.53. The SMILES string of the molecule is [2H]OS(=O)(=O)OC[C@@H](OS(=O)(=O)O[2H])[C@@H](OS(=O)(=O)O[2H])[C@H](OS(=O)(=O)O[2H])[C@H](C=O)OS(=O)(=O)O[2H]. The van der Waals surface area contributed by atoms with Crippen molar-refractivity contribution in [3.8, 4) is 0 Å². The van der Waals surface area contributed by atoms with Crippen molar-refractivity contribution in [2.75, 3.05) is 6.61 Å². The summed E-state index contributed by atoms with van der Waals surface area (Å²) in [5.74, 6) is 0. The average molecular weight is 586 g/mol. The average Bonchev–Trinajstić information content (AvgIpc) is 2.82. The largest absolute Gasteiger partial charge is 0.398 e. The van der Waals surface area contributed by atoms with Gasteiger partial charge in [0.2, 0.25) is 7.16 Å². The predicted molar refractivity (Wildman–Crippen MR) is 89.3 cm³/mol. The molecule has 0 saturated carbocycles. The van der Waals surface area contributed by atoms with Crippen LogP contribution in [0.1, 0.15) is 0 Å².